The molecular weight excluding hydrogens is 278 g/mol. The Kier molecular flexibility index (Phi) is 4.85. The van der Waals surface area contributed by atoms with E-state index in [1.165, 1.54) is 4.31 Å². The molecule has 0 atom stereocenters. The van der Waals surface area contributed by atoms with Gasteiger partial charge in [0, 0.05) is 44.6 Å². The monoisotopic (exact) mass is 301 g/mol. The Labute approximate surface area is 120 Å². The summed E-state index contributed by atoms with van der Waals surface area (Å²) in [7, 11) is -3.44. The first kappa shape index (κ1) is 15.5. The lowest BCUT2D eigenvalue weighted by Gasteiger charge is -2.32. The highest BCUT2D eigenvalue weighted by atomic mass is 32.2. The molecule has 0 unspecified atom stereocenters. The molecule has 20 heavy (non-hydrogen) atoms. The van der Waals surface area contributed by atoms with Crippen LogP contribution in [0.15, 0.2) is 17.2 Å². The predicted octanol–water partition coefficient (Wildman–Crippen LogP) is 0.326. The lowest BCUT2D eigenvalue weighted by Crippen LogP contribution is -2.48. The van der Waals surface area contributed by atoms with Crippen LogP contribution in [0.1, 0.15) is 19.5 Å². The first-order chi connectivity index (χ1) is 9.52. The van der Waals surface area contributed by atoms with E-state index in [-0.39, 0.29) is 11.5 Å². The van der Waals surface area contributed by atoms with E-state index in [9.17, 15) is 13.5 Å². The van der Waals surface area contributed by atoms with Crippen LogP contribution in [0.3, 0.4) is 0 Å². The number of hydrogen-bond acceptors (Lipinski definition) is 4. The Balaban J connectivity index is 2.20. The van der Waals surface area contributed by atoms with Gasteiger partial charge in [-0.25, -0.2) is 8.42 Å². The number of hydrogen-bond donors (Lipinski definition) is 1. The minimum atomic E-state index is -3.44. The smallest absolute Gasteiger partial charge is 0.244 e. The zero-order chi connectivity index (χ0) is 14.8. The van der Waals surface area contributed by atoms with Crippen molar-refractivity contribution >= 4 is 10.0 Å². The first-order valence-corrected chi connectivity index (χ1v) is 8.49. The van der Waals surface area contributed by atoms with Crippen molar-refractivity contribution in [2.24, 2.45) is 0 Å². The quantitative estimate of drug-likeness (QED) is 0.851. The van der Waals surface area contributed by atoms with Gasteiger partial charge in [0.25, 0.3) is 0 Å². The van der Waals surface area contributed by atoms with E-state index in [0.29, 0.717) is 25.3 Å². The third-order valence-electron chi connectivity index (χ3n) is 3.88. The lowest BCUT2D eigenvalue weighted by atomic mass is 10.4. The molecule has 7 heteroatoms. The Morgan fingerprint density at radius 2 is 1.80 bits per heavy atom. The molecule has 1 N–H and O–H groups in total. The number of aryl methyl sites for hydroxylation is 1. The van der Waals surface area contributed by atoms with Crippen LogP contribution in [0, 0.1) is 0 Å². The molecule has 114 valence electrons. The number of aliphatic hydroxyl groups excluding tert-OH is 1. The second-order valence-corrected chi connectivity index (χ2v) is 6.89. The van der Waals surface area contributed by atoms with Crippen molar-refractivity contribution in [2.75, 3.05) is 32.7 Å². The Morgan fingerprint density at radius 1 is 1.15 bits per heavy atom. The van der Waals surface area contributed by atoms with Gasteiger partial charge >= 0.3 is 0 Å². The van der Waals surface area contributed by atoms with Crippen molar-refractivity contribution < 1.29 is 13.5 Å². The number of aliphatic hydroxyl groups is 1. The fraction of sp³-hybridized carbons (Fsp3) is 0.692. The summed E-state index contributed by atoms with van der Waals surface area (Å²) in [6.45, 7) is 8.07. The highest BCUT2D eigenvalue weighted by Crippen LogP contribution is 2.20. The van der Waals surface area contributed by atoms with Crippen molar-refractivity contribution in [3.05, 3.63) is 18.0 Å². The number of sulfonamides is 1. The maximum absolute atomic E-state index is 12.6. The molecule has 0 bridgehead atoms. The van der Waals surface area contributed by atoms with Crippen molar-refractivity contribution in [1.29, 1.82) is 0 Å². The lowest BCUT2D eigenvalue weighted by molar-refractivity contribution is 0.196. The van der Waals surface area contributed by atoms with Crippen LogP contribution in [0.2, 0.25) is 0 Å². The molecule has 1 aliphatic rings. The van der Waals surface area contributed by atoms with Gasteiger partial charge in [-0.15, -0.1) is 0 Å². The summed E-state index contributed by atoms with van der Waals surface area (Å²) in [6.07, 6.45) is 1.62. The summed E-state index contributed by atoms with van der Waals surface area (Å²) in [5.74, 6) is 0. The van der Waals surface area contributed by atoms with Crippen molar-refractivity contribution in [3.8, 4) is 0 Å². The summed E-state index contributed by atoms with van der Waals surface area (Å²) < 4.78 is 28.5. The fourth-order valence-corrected chi connectivity index (χ4v) is 4.02. The van der Waals surface area contributed by atoms with E-state index in [1.807, 2.05) is 6.92 Å². The molecule has 0 radical (unpaired) electrons. The zero-order valence-corrected chi connectivity index (χ0v) is 12.9. The highest BCUT2D eigenvalue weighted by Gasteiger charge is 2.29. The minimum absolute atomic E-state index is 0.146. The number of nitrogens with zero attached hydrogens (tertiary/aromatic N) is 3. The topological polar surface area (TPSA) is 65.8 Å². The van der Waals surface area contributed by atoms with Gasteiger partial charge in [0.1, 0.15) is 4.90 Å². The molecule has 1 aromatic rings. The number of likely N-dealkylation sites (N-methyl/N-ethyl adjacent to an activating group) is 1. The third-order valence-corrected chi connectivity index (χ3v) is 5.74. The van der Waals surface area contributed by atoms with Gasteiger partial charge in [-0.3, -0.25) is 0 Å². The maximum atomic E-state index is 12.6. The van der Waals surface area contributed by atoms with Crippen molar-refractivity contribution in [3.63, 3.8) is 0 Å². The van der Waals surface area contributed by atoms with Crippen LogP contribution in [0.25, 0.3) is 0 Å². The van der Waals surface area contributed by atoms with Crippen LogP contribution in [0.5, 0.6) is 0 Å². The van der Waals surface area contributed by atoms with Gasteiger partial charge in [-0.2, -0.15) is 4.31 Å². The van der Waals surface area contributed by atoms with Gasteiger partial charge in [0.2, 0.25) is 10.0 Å². The number of aromatic nitrogens is 1. The van der Waals surface area contributed by atoms with Crippen molar-refractivity contribution in [1.82, 2.24) is 13.8 Å². The highest BCUT2D eigenvalue weighted by molar-refractivity contribution is 7.89. The molecule has 1 fully saturated rings. The minimum Gasteiger partial charge on any atom is -0.390 e. The van der Waals surface area contributed by atoms with Gasteiger partial charge in [0.05, 0.1) is 6.61 Å². The third kappa shape index (κ3) is 2.90. The van der Waals surface area contributed by atoms with Crippen molar-refractivity contribution in [2.45, 2.75) is 31.9 Å². The predicted molar refractivity (Wildman–Crippen MR) is 76.9 cm³/mol. The Hall–Kier alpha value is -0.890. The van der Waals surface area contributed by atoms with Crippen LogP contribution >= 0.6 is 0 Å². The summed E-state index contributed by atoms with van der Waals surface area (Å²) in [6, 6.07) is 1.57. The molecule has 0 aromatic carbocycles. The molecule has 2 rings (SSSR count). The molecule has 1 aromatic heterocycles. The molecule has 1 aliphatic heterocycles. The SMILES string of the molecule is CCN1CCN(S(=O)(=O)c2cc(CO)n(CC)c2)CC1. The summed E-state index contributed by atoms with van der Waals surface area (Å²) >= 11 is 0. The second-order valence-electron chi connectivity index (χ2n) is 4.95. The van der Waals surface area contributed by atoms with Gasteiger partial charge in [-0.1, -0.05) is 6.92 Å². The molecule has 0 amide bonds. The normalized spacial score (nSPS) is 18.6. The molecule has 0 aliphatic carbocycles. The fourth-order valence-electron chi connectivity index (χ4n) is 2.53. The van der Waals surface area contributed by atoms with E-state index >= 15 is 0 Å². The zero-order valence-electron chi connectivity index (χ0n) is 12.1. The molecule has 1 saturated heterocycles. The van der Waals surface area contributed by atoms with Crippen LogP contribution < -0.4 is 0 Å². The Bertz CT molecular complexity index is 524. The molecular formula is C13H23N3O3S. The van der Waals surface area contributed by atoms with E-state index < -0.39 is 10.0 Å². The van der Waals surface area contributed by atoms with Crippen LogP contribution in [-0.4, -0.2) is 60.0 Å². The standard InChI is InChI=1S/C13H23N3O3S/c1-3-14-5-7-16(8-6-14)20(18,19)13-9-12(11-17)15(4-2)10-13/h9-10,17H,3-8,11H2,1-2H3. The average molecular weight is 301 g/mol. The maximum Gasteiger partial charge on any atom is 0.244 e. The van der Waals surface area contributed by atoms with Crippen LogP contribution in [-0.2, 0) is 23.2 Å². The second kappa shape index (κ2) is 6.26. The van der Waals surface area contributed by atoms with Gasteiger partial charge in [0.15, 0.2) is 0 Å². The van der Waals surface area contributed by atoms with E-state index in [4.69, 9.17) is 0 Å². The van der Waals surface area contributed by atoms with Crippen LogP contribution in [0.4, 0.5) is 0 Å². The first-order valence-electron chi connectivity index (χ1n) is 7.05. The molecule has 6 nitrogen and oxygen atoms in total. The summed E-state index contributed by atoms with van der Waals surface area (Å²) in [5, 5.41) is 9.27. The van der Waals surface area contributed by atoms with E-state index in [1.54, 1.807) is 16.8 Å². The van der Waals surface area contributed by atoms with Gasteiger partial charge in [-0.05, 0) is 19.5 Å². The molecule has 2 heterocycles. The van der Waals surface area contributed by atoms with E-state index in [2.05, 4.69) is 11.8 Å². The molecule has 0 saturated carbocycles. The van der Waals surface area contributed by atoms with E-state index in [0.717, 1.165) is 19.6 Å². The van der Waals surface area contributed by atoms with Gasteiger partial charge < -0.3 is 14.6 Å². The number of rotatable bonds is 5. The largest absolute Gasteiger partial charge is 0.390 e. The summed E-state index contributed by atoms with van der Waals surface area (Å²) in [5.41, 5.74) is 0.637. The molecule has 0 spiro atoms. The number of piperazine rings is 1. The average Bonchev–Trinajstić information content (AvgIpc) is 2.91. The Morgan fingerprint density at radius 3 is 2.25 bits per heavy atom. The summed E-state index contributed by atoms with van der Waals surface area (Å²) in [4.78, 5) is 2.52.